The Morgan fingerprint density at radius 2 is 1.70 bits per heavy atom. The Hall–Kier alpha value is -3.58. The molecule has 168 valence electrons. The number of ketones is 1. The summed E-state index contributed by atoms with van der Waals surface area (Å²) >= 11 is 1.39. The molecule has 0 aliphatic carbocycles. The maximum absolute atomic E-state index is 12.7. The number of carbonyl (C=O) groups is 1. The van der Waals surface area contributed by atoms with Crippen molar-refractivity contribution in [3.63, 3.8) is 0 Å². The summed E-state index contributed by atoms with van der Waals surface area (Å²) in [6, 6.07) is 23.5. The fourth-order valence-electron chi connectivity index (χ4n) is 3.41. The summed E-state index contributed by atoms with van der Waals surface area (Å²) in [4.78, 5) is 12.7. The van der Waals surface area contributed by atoms with Gasteiger partial charge in [-0.2, -0.15) is 0 Å². The van der Waals surface area contributed by atoms with Gasteiger partial charge in [-0.25, -0.2) is 0 Å². The van der Waals surface area contributed by atoms with Crippen LogP contribution < -0.4 is 10.1 Å². The molecule has 0 aliphatic heterocycles. The van der Waals surface area contributed by atoms with Crippen molar-refractivity contribution in [3.05, 3.63) is 95.3 Å². The van der Waals surface area contributed by atoms with Gasteiger partial charge < -0.3 is 10.1 Å². The van der Waals surface area contributed by atoms with E-state index < -0.39 is 0 Å². The summed E-state index contributed by atoms with van der Waals surface area (Å²) in [7, 11) is 1.61. The van der Waals surface area contributed by atoms with Crippen LogP contribution in [0.4, 0.5) is 5.69 Å². The smallest absolute Gasteiger partial charge is 0.196 e. The van der Waals surface area contributed by atoms with Crippen LogP contribution in [0.2, 0.25) is 0 Å². The lowest BCUT2D eigenvalue weighted by Gasteiger charge is -2.13. The second kappa shape index (κ2) is 10.4. The second-order valence-electron chi connectivity index (χ2n) is 7.68. The zero-order valence-corrected chi connectivity index (χ0v) is 19.7. The zero-order valence-electron chi connectivity index (χ0n) is 18.9. The van der Waals surface area contributed by atoms with Crippen molar-refractivity contribution in [2.75, 3.05) is 18.2 Å². The first-order valence-corrected chi connectivity index (χ1v) is 11.6. The van der Waals surface area contributed by atoms with Crippen molar-refractivity contribution in [1.82, 2.24) is 14.8 Å². The monoisotopic (exact) mass is 458 g/mol. The third-order valence-electron chi connectivity index (χ3n) is 5.30. The van der Waals surface area contributed by atoms with Gasteiger partial charge in [0.1, 0.15) is 5.75 Å². The zero-order chi connectivity index (χ0) is 23.2. The van der Waals surface area contributed by atoms with Crippen LogP contribution in [-0.4, -0.2) is 33.4 Å². The van der Waals surface area contributed by atoms with Crippen LogP contribution in [0.5, 0.6) is 5.75 Å². The highest BCUT2D eigenvalue weighted by Crippen LogP contribution is 2.26. The Morgan fingerprint density at radius 3 is 2.39 bits per heavy atom. The third-order valence-corrected chi connectivity index (χ3v) is 6.23. The Bertz CT molecular complexity index is 1230. The molecule has 0 amide bonds. The molecule has 1 N–H and O–H groups in total. The lowest BCUT2D eigenvalue weighted by Crippen LogP contribution is -2.10. The molecule has 0 saturated heterocycles. The Balaban J connectivity index is 1.56. The first-order valence-electron chi connectivity index (χ1n) is 10.7. The van der Waals surface area contributed by atoms with Gasteiger partial charge in [-0.3, -0.25) is 9.36 Å². The number of para-hydroxylation sites is 1. The van der Waals surface area contributed by atoms with E-state index in [9.17, 15) is 4.79 Å². The van der Waals surface area contributed by atoms with E-state index >= 15 is 0 Å². The Labute approximate surface area is 198 Å². The van der Waals surface area contributed by atoms with Gasteiger partial charge in [-0.05, 0) is 61.9 Å². The number of benzene rings is 3. The summed E-state index contributed by atoms with van der Waals surface area (Å²) < 4.78 is 7.20. The quantitative estimate of drug-likeness (QED) is 0.265. The molecule has 7 heteroatoms. The summed E-state index contributed by atoms with van der Waals surface area (Å²) in [5, 5.41) is 13.0. The first-order chi connectivity index (χ1) is 16.0. The maximum atomic E-state index is 12.7. The lowest BCUT2D eigenvalue weighted by atomic mass is 10.1. The molecule has 0 radical (unpaired) electrons. The van der Waals surface area contributed by atoms with Crippen LogP contribution in [0.1, 0.15) is 27.3 Å². The predicted molar refractivity (Wildman–Crippen MR) is 133 cm³/mol. The van der Waals surface area contributed by atoms with Crippen LogP contribution in [0.3, 0.4) is 0 Å². The van der Waals surface area contributed by atoms with E-state index in [1.807, 2.05) is 34.9 Å². The molecule has 0 saturated carbocycles. The minimum Gasteiger partial charge on any atom is -0.497 e. The Kier molecular flexibility index (Phi) is 7.10. The topological polar surface area (TPSA) is 69.0 Å². The van der Waals surface area contributed by atoms with Crippen LogP contribution >= 0.6 is 11.8 Å². The molecule has 4 aromatic rings. The van der Waals surface area contributed by atoms with Gasteiger partial charge in [-0.1, -0.05) is 47.7 Å². The minimum absolute atomic E-state index is 0.0290. The van der Waals surface area contributed by atoms with Crippen LogP contribution in [-0.2, 0) is 6.54 Å². The number of Topliss-reactive ketones (excluding diaryl/α,β-unsaturated/α-hetero) is 1. The van der Waals surface area contributed by atoms with E-state index in [4.69, 9.17) is 4.74 Å². The highest BCUT2D eigenvalue weighted by Gasteiger charge is 2.17. The minimum atomic E-state index is 0.0290. The van der Waals surface area contributed by atoms with E-state index in [-0.39, 0.29) is 11.5 Å². The fraction of sp³-hybridized carbons (Fsp3) is 0.192. The van der Waals surface area contributed by atoms with Gasteiger partial charge in [0, 0.05) is 11.3 Å². The molecule has 4 rings (SSSR count). The molecule has 0 unspecified atom stereocenters. The highest BCUT2D eigenvalue weighted by molar-refractivity contribution is 7.99. The number of nitrogens with zero attached hydrogens (tertiary/aromatic N) is 3. The van der Waals surface area contributed by atoms with Gasteiger partial charge in [0.05, 0.1) is 25.1 Å². The number of nitrogens with one attached hydrogen (secondary N) is 1. The second-order valence-corrected chi connectivity index (χ2v) is 8.62. The number of rotatable bonds is 9. The van der Waals surface area contributed by atoms with Crippen LogP contribution in [0.25, 0.3) is 5.69 Å². The van der Waals surface area contributed by atoms with Crippen LogP contribution in [0, 0.1) is 13.8 Å². The summed E-state index contributed by atoms with van der Waals surface area (Å²) in [6.45, 7) is 4.64. The van der Waals surface area contributed by atoms with Crippen molar-refractivity contribution >= 4 is 23.2 Å². The number of hydrogen-bond acceptors (Lipinski definition) is 6. The maximum Gasteiger partial charge on any atom is 0.196 e. The summed E-state index contributed by atoms with van der Waals surface area (Å²) in [5.74, 6) is 1.80. The number of anilines is 1. The molecule has 1 aromatic heterocycles. The standard InChI is InChI=1S/C26H26N4O2S/c1-18-8-12-21(13-9-18)27-16-25-28-29-26(30(25)23-7-5-4-6-19(23)2)33-17-24(31)20-10-14-22(32-3)15-11-20/h4-15,27H,16-17H2,1-3H3. The van der Waals surface area contributed by atoms with Crippen LogP contribution in [0.15, 0.2) is 78.0 Å². The molecule has 6 nitrogen and oxygen atoms in total. The lowest BCUT2D eigenvalue weighted by molar-refractivity contribution is 0.102. The van der Waals surface area contributed by atoms with Crippen molar-refractivity contribution in [2.45, 2.75) is 25.5 Å². The van der Waals surface area contributed by atoms with Gasteiger partial charge in [0.15, 0.2) is 16.8 Å². The number of ether oxygens (including phenoxy) is 1. The Morgan fingerprint density at radius 1 is 0.970 bits per heavy atom. The highest BCUT2D eigenvalue weighted by atomic mass is 32.2. The predicted octanol–water partition coefficient (Wildman–Crippen LogP) is 5.48. The van der Waals surface area contributed by atoms with Gasteiger partial charge in [0.2, 0.25) is 0 Å². The molecule has 0 spiro atoms. The number of hydrogen-bond donors (Lipinski definition) is 1. The van der Waals surface area contributed by atoms with E-state index in [0.29, 0.717) is 17.3 Å². The number of thioether (sulfide) groups is 1. The number of methoxy groups -OCH3 is 1. The molecule has 3 aromatic carbocycles. The van der Waals surface area contributed by atoms with E-state index in [1.165, 1.54) is 17.3 Å². The fourth-order valence-corrected chi connectivity index (χ4v) is 4.27. The molecule has 0 bridgehead atoms. The molecule has 1 heterocycles. The first kappa shape index (κ1) is 22.6. The van der Waals surface area contributed by atoms with E-state index in [1.54, 1.807) is 31.4 Å². The average Bonchev–Trinajstić information content (AvgIpc) is 3.25. The molecule has 33 heavy (non-hydrogen) atoms. The number of carbonyl (C=O) groups excluding carboxylic acids is 1. The SMILES string of the molecule is COc1ccc(C(=O)CSc2nnc(CNc3ccc(C)cc3)n2-c2ccccc2C)cc1. The molecular formula is C26H26N4O2S. The third kappa shape index (κ3) is 5.43. The van der Waals surface area contributed by atoms with Crippen molar-refractivity contribution in [1.29, 1.82) is 0 Å². The molecular weight excluding hydrogens is 432 g/mol. The number of aromatic nitrogens is 3. The molecule has 0 fully saturated rings. The van der Waals surface area contributed by atoms with E-state index in [2.05, 4.69) is 47.6 Å². The van der Waals surface area contributed by atoms with Crippen molar-refractivity contribution in [2.24, 2.45) is 0 Å². The summed E-state index contributed by atoms with van der Waals surface area (Å²) in [6.07, 6.45) is 0. The average molecular weight is 459 g/mol. The normalized spacial score (nSPS) is 10.8. The number of aryl methyl sites for hydroxylation is 2. The van der Waals surface area contributed by atoms with Crippen molar-refractivity contribution in [3.8, 4) is 11.4 Å². The summed E-state index contributed by atoms with van der Waals surface area (Å²) in [5.41, 5.74) is 4.99. The largest absolute Gasteiger partial charge is 0.497 e. The van der Waals surface area contributed by atoms with E-state index in [0.717, 1.165) is 28.5 Å². The van der Waals surface area contributed by atoms with Gasteiger partial charge in [0.25, 0.3) is 0 Å². The van der Waals surface area contributed by atoms with Crippen molar-refractivity contribution < 1.29 is 9.53 Å². The van der Waals surface area contributed by atoms with Gasteiger partial charge >= 0.3 is 0 Å². The van der Waals surface area contributed by atoms with Gasteiger partial charge in [-0.15, -0.1) is 10.2 Å². The molecule has 0 atom stereocenters. The molecule has 0 aliphatic rings.